The largest absolute Gasteiger partial charge is 0.481 e. The normalized spacial score (nSPS) is 15.7. The number of carboxylic acids is 1. The number of benzene rings is 1. The molecule has 158 valence electrons. The Bertz CT molecular complexity index is 962. The predicted octanol–water partition coefficient (Wildman–Crippen LogP) is 1.25. The molecule has 0 fully saturated rings. The van der Waals surface area contributed by atoms with E-state index in [-0.39, 0.29) is 18.2 Å². The van der Waals surface area contributed by atoms with Crippen LogP contribution in [0.4, 0.5) is 11.5 Å². The predicted molar refractivity (Wildman–Crippen MR) is 112 cm³/mol. The fraction of sp³-hybridized carbons (Fsp3) is 0.333. The molecule has 1 aromatic carbocycles. The van der Waals surface area contributed by atoms with Crippen molar-refractivity contribution in [1.29, 1.82) is 0 Å². The Hall–Kier alpha value is -3.62. The van der Waals surface area contributed by atoms with Crippen molar-refractivity contribution in [2.75, 3.05) is 24.6 Å². The van der Waals surface area contributed by atoms with Gasteiger partial charge in [0.2, 0.25) is 5.91 Å². The molecular weight excluding hydrogens is 386 g/mol. The van der Waals surface area contributed by atoms with E-state index in [9.17, 15) is 14.4 Å². The summed E-state index contributed by atoms with van der Waals surface area (Å²) in [6, 6.07) is 7.97. The molecule has 1 atom stereocenters. The number of anilines is 2. The summed E-state index contributed by atoms with van der Waals surface area (Å²) in [5.41, 5.74) is 8.59. The highest BCUT2D eigenvalue weighted by molar-refractivity contribution is 5.96. The number of carboxylic acid groups (broad SMARTS) is 1. The van der Waals surface area contributed by atoms with E-state index in [0.717, 1.165) is 24.0 Å². The molecule has 1 aliphatic rings. The van der Waals surface area contributed by atoms with E-state index in [1.807, 2.05) is 12.1 Å². The number of carbonyl (C=O) groups is 3. The molecule has 1 aromatic heterocycles. The van der Waals surface area contributed by atoms with Crippen LogP contribution in [0.3, 0.4) is 0 Å². The number of nitrogen functional groups attached to an aromatic ring is 1. The van der Waals surface area contributed by atoms with Crippen LogP contribution in [0, 0.1) is 0 Å². The molecule has 0 bridgehead atoms. The molecule has 2 aromatic rings. The second-order valence-corrected chi connectivity index (χ2v) is 7.31. The highest BCUT2D eigenvalue weighted by Gasteiger charge is 2.29. The van der Waals surface area contributed by atoms with Crippen molar-refractivity contribution >= 4 is 29.3 Å². The van der Waals surface area contributed by atoms with E-state index in [1.165, 1.54) is 4.90 Å². The van der Waals surface area contributed by atoms with Gasteiger partial charge in [0.25, 0.3) is 5.91 Å². The van der Waals surface area contributed by atoms with Gasteiger partial charge in [-0.15, -0.1) is 0 Å². The van der Waals surface area contributed by atoms with E-state index in [1.54, 1.807) is 31.4 Å². The van der Waals surface area contributed by atoms with Gasteiger partial charge >= 0.3 is 5.97 Å². The van der Waals surface area contributed by atoms with Gasteiger partial charge in [-0.1, -0.05) is 6.07 Å². The van der Waals surface area contributed by atoms with Gasteiger partial charge in [-0.05, 0) is 48.2 Å². The van der Waals surface area contributed by atoms with Gasteiger partial charge in [-0.3, -0.25) is 14.4 Å². The molecule has 2 amide bonds. The number of carbonyl (C=O) groups excluding carboxylic acids is 2. The van der Waals surface area contributed by atoms with Crippen LogP contribution in [-0.2, 0) is 22.6 Å². The first-order chi connectivity index (χ1) is 14.3. The molecule has 30 heavy (non-hydrogen) atoms. The van der Waals surface area contributed by atoms with Crippen molar-refractivity contribution in [1.82, 2.24) is 15.2 Å². The number of fused-ring (bicyclic) bond motifs is 1. The molecule has 1 aliphatic heterocycles. The van der Waals surface area contributed by atoms with Crippen LogP contribution in [0.1, 0.15) is 34.3 Å². The molecule has 0 aliphatic carbocycles. The molecule has 0 spiro atoms. The highest BCUT2D eigenvalue weighted by atomic mass is 16.4. The Morgan fingerprint density at radius 1 is 1.33 bits per heavy atom. The number of rotatable bonds is 7. The number of nitrogens with two attached hydrogens (primary N) is 1. The van der Waals surface area contributed by atoms with Crippen molar-refractivity contribution in [2.45, 2.75) is 31.8 Å². The Labute approximate surface area is 174 Å². The van der Waals surface area contributed by atoms with Crippen LogP contribution in [0.25, 0.3) is 0 Å². The standard InChI is InChI=1S/C21H25N5O4/c1-26-12-15-5-4-14(10-16(15)25-17(21(26)30)11-19(27)28)20(29)24-7-2-3-13-6-8-23-18(22)9-13/h4-6,8-10,17,25H,2-3,7,11-12H2,1H3,(H2,22,23)(H,24,29)(H,27,28). The molecule has 5 N–H and O–H groups in total. The Morgan fingerprint density at radius 3 is 2.87 bits per heavy atom. The maximum atomic E-state index is 12.5. The lowest BCUT2D eigenvalue weighted by molar-refractivity contribution is -0.141. The minimum Gasteiger partial charge on any atom is -0.481 e. The van der Waals surface area contributed by atoms with E-state index in [0.29, 0.717) is 30.2 Å². The number of pyridine rings is 1. The lowest BCUT2D eigenvalue weighted by atomic mass is 10.1. The number of aryl methyl sites for hydroxylation is 1. The molecule has 0 saturated carbocycles. The number of amides is 2. The van der Waals surface area contributed by atoms with Crippen LogP contribution < -0.4 is 16.4 Å². The number of hydrogen-bond acceptors (Lipinski definition) is 6. The third-order valence-electron chi connectivity index (χ3n) is 4.94. The number of nitrogens with one attached hydrogen (secondary N) is 2. The second kappa shape index (κ2) is 9.25. The van der Waals surface area contributed by atoms with Crippen LogP contribution >= 0.6 is 0 Å². The number of aromatic nitrogens is 1. The van der Waals surface area contributed by atoms with E-state index >= 15 is 0 Å². The van der Waals surface area contributed by atoms with Crippen LogP contribution in [0.5, 0.6) is 0 Å². The van der Waals surface area contributed by atoms with E-state index < -0.39 is 12.0 Å². The quantitative estimate of drug-likeness (QED) is 0.503. The summed E-state index contributed by atoms with van der Waals surface area (Å²) in [5.74, 6) is -1.12. The van der Waals surface area contributed by atoms with Crippen molar-refractivity contribution in [3.8, 4) is 0 Å². The van der Waals surface area contributed by atoms with Crippen molar-refractivity contribution in [3.05, 3.63) is 53.2 Å². The summed E-state index contributed by atoms with van der Waals surface area (Å²) in [5, 5.41) is 15.0. The zero-order chi connectivity index (χ0) is 21.7. The Balaban J connectivity index is 1.62. The van der Waals surface area contributed by atoms with Crippen LogP contribution in [0.2, 0.25) is 0 Å². The Kier molecular flexibility index (Phi) is 6.51. The number of likely N-dealkylation sites (N-methyl/N-ethyl adjacent to an activating group) is 1. The van der Waals surface area contributed by atoms with Gasteiger partial charge in [0.15, 0.2) is 0 Å². The third-order valence-corrected chi connectivity index (χ3v) is 4.94. The molecule has 3 rings (SSSR count). The highest BCUT2D eigenvalue weighted by Crippen LogP contribution is 2.25. The topological polar surface area (TPSA) is 138 Å². The SMILES string of the molecule is CN1Cc2ccc(C(=O)NCCCc3ccnc(N)c3)cc2NC(CC(=O)O)C1=O. The van der Waals surface area contributed by atoms with Crippen molar-refractivity contribution in [3.63, 3.8) is 0 Å². The van der Waals surface area contributed by atoms with Crippen LogP contribution in [-0.4, -0.2) is 52.4 Å². The Morgan fingerprint density at radius 2 is 2.13 bits per heavy atom. The fourth-order valence-corrected chi connectivity index (χ4v) is 3.40. The molecular formula is C21H25N5O4. The monoisotopic (exact) mass is 411 g/mol. The molecule has 9 heteroatoms. The lowest BCUT2D eigenvalue weighted by Gasteiger charge is -2.19. The summed E-state index contributed by atoms with van der Waals surface area (Å²) in [4.78, 5) is 41.5. The fourth-order valence-electron chi connectivity index (χ4n) is 3.40. The number of hydrogen-bond donors (Lipinski definition) is 4. The van der Waals surface area contributed by atoms with Crippen LogP contribution in [0.15, 0.2) is 36.5 Å². The molecule has 0 saturated heterocycles. The van der Waals surface area contributed by atoms with Gasteiger partial charge in [-0.2, -0.15) is 0 Å². The molecule has 1 unspecified atom stereocenters. The van der Waals surface area contributed by atoms with E-state index in [4.69, 9.17) is 10.8 Å². The van der Waals surface area contributed by atoms with Gasteiger partial charge < -0.3 is 26.4 Å². The first kappa shape index (κ1) is 21.1. The zero-order valence-corrected chi connectivity index (χ0v) is 16.7. The zero-order valence-electron chi connectivity index (χ0n) is 16.7. The van der Waals surface area contributed by atoms with E-state index in [2.05, 4.69) is 15.6 Å². The summed E-state index contributed by atoms with van der Waals surface area (Å²) >= 11 is 0. The molecule has 2 heterocycles. The molecule has 9 nitrogen and oxygen atoms in total. The van der Waals surface area contributed by atoms with Gasteiger partial charge in [0.1, 0.15) is 11.9 Å². The average molecular weight is 411 g/mol. The van der Waals surface area contributed by atoms with Crippen molar-refractivity contribution in [2.24, 2.45) is 0 Å². The third kappa shape index (κ3) is 5.25. The maximum absolute atomic E-state index is 12.5. The first-order valence-corrected chi connectivity index (χ1v) is 9.68. The van der Waals surface area contributed by atoms with Gasteiger partial charge in [-0.25, -0.2) is 4.98 Å². The van der Waals surface area contributed by atoms with Gasteiger partial charge in [0.05, 0.1) is 6.42 Å². The summed E-state index contributed by atoms with van der Waals surface area (Å²) < 4.78 is 0. The summed E-state index contributed by atoms with van der Waals surface area (Å²) in [6.45, 7) is 0.836. The van der Waals surface area contributed by atoms with Gasteiger partial charge in [0, 0.05) is 37.6 Å². The summed E-state index contributed by atoms with van der Waals surface area (Å²) in [6.07, 6.45) is 2.84. The number of nitrogens with zero attached hydrogens (tertiary/aromatic N) is 2. The second-order valence-electron chi connectivity index (χ2n) is 7.31. The maximum Gasteiger partial charge on any atom is 0.305 e. The lowest BCUT2D eigenvalue weighted by Crippen LogP contribution is -2.39. The minimum absolute atomic E-state index is 0.229. The number of aliphatic carboxylic acids is 1. The minimum atomic E-state index is -1.07. The van der Waals surface area contributed by atoms with Crippen molar-refractivity contribution < 1.29 is 19.5 Å². The smallest absolute Gasteiger partial charge is 0.305 e. The first-order valence-electron chi connectivity index (χ1n) is 9.68. The molecule has 0 radical (unpaired) electrons. The summed E-state index contributed by atoms with van der Waals surface area (Å²) in [7, 11) is 1.63. The average Bonchev–Trinajstić information content (AvgIpc) is 2.81.